The summed E-state index contributed by atoms with van der Waals surface area (Å²) in [6.45, 7) is 2.66. The summed E-state index contributed by atoms with van der Waals surface area (Å²) >= 11 is 0. The zero-order valence-electron chi connectivity index (χ0n) is 12.8. The molecule has 7 heteroatoms. The van der Waals surface area contributed by atoms with E-state index in [2.05, 4.69) is 15.0 Å². The average molecular weight is 333 g/mol. The fourth-order valence-electron chi connectivity index (χ4n) is 1.89. The number of sulfonamides is 1. The predicted octanol–water partition coefficient (Wildman–Crippen LogP) is 1.70. The number of rotatable bonds is 7. The molecule has 1 aromatic heterocycles. The van der Waals surface area contributed by atoms with Gasteiger partial charge in [-0.05, 0) is 48.4 Å². The quantitative estimate of drug-likeness (QED) is 0.807. The van der Waals surface area contributed by atoms with Gasteiger partial charge in [-0.3, -0.25) is 9.78 Å². The van der Waals surface area contributed by atoms with E-state index in [-0.39, 0.29) is 10.8 Å². The molecule has 0 radical (unpaired) electrons. The van der Waals surface area contributed by atoms with Crippen molar-refractivity contribution in [3.63, 3.8) is 0 Å². The van der Waals surface area contributed by atoms with Gasteiger partial charge in [-0.25, -0.2) is 13.1 Å². The van der Waals surface area contributed by atoms with Gasteiger partial charge in [0.05, 0.1) is 4.90 Å². The molecule has 0 bridgehead atoms. The molecule has 0 spiro atoms. The maximum atomic E-state index is 12.1. The molecule has 0 aliphatic heterocycles. The Bertz CT molecular complexity index is 744. The van der Waals surface area contributed by atoms with E-state index in [0.717, 1.165) is 5.56 Å². The van der Waals surface area contributed by atoms with Crippen molar-refractivity contribution >= 4 is 15.9 Å². The number of benzene rings is 1. The molecule has 2 rings (SSSR count). The zero-order chi connectivity index (χ0) is 16.7. The van der Waals surface area contributed by atoms with Crippen molar-refractivity contribution in [1.29, 1.82) is 0 Å². The maximum Gasteiger partial charge on any atom is 0.251 e. The molecule has 122 valence electrons. The SMILES string of the molecule is CCCNS(=O)(=O)c1ccc(C(=O)NCc2ccncc2)cc1. The van der Waals surface area contributed by atoms with E-state index in [1.807, 2.05) is 19.1 Å². The Morgan fingerprint density at radius 1 is 1.09 bits per heavy atom. The fraction of sp³-hybridized carbons (Fsp3) is 0.250. The Kier molecular flexibility index (Phi) is 5.84. The van der Waals surface area contributed by atoms with Crippen molar-refractivity contribution in [3.05, 3.63) is 59.9 Å². The predicted molar refractivity (Wildman–Crippen MR) is 87.3 cm³/mol. The van der Waals surface area contributed by atoms with Gasteiger partial charge in [0.1, 0.15) is 0 Å². The first kappa shape index (κ1) is 17.1. The van der Waals surface area contributed by atoms with Crippen LogP contribution in [0.1, 0.15) is 29.3 Å². The lowest BCUT2D eigenvalue weighted by Crippen LogP contribution is -2.25. The minimum absolute atomic E-state index is 0.150. The van der Waals surface area contributed by atoms with Crippen molar-refractivity contribution in [2.24, 2.45) is 0 Å². The third-order valence-electron chi connectivity index (χ3n) is 3.17. The second-order valence-electron chi connectivity index (χ2n) is 4.96. The van der Waals surface area contributed by atoms with Gasteiger partial charge in [0.15, 0.2) is 0 Å². The van der Waals surface area contributed by atoms with Gasteiger partial charge in [0, 0.05) is 31.0 Å². The third-order valence-corrected chi connectivity index (χ3v) is 4.65. The molecule has 0 aliphatic rings. The van der Waals surface area contributed by atoms with Crippen LogP contribution in [0, 0.1) is 0 Å². The number of nitrogens with zero attached hydrogens (tertiary/aromatic N) is 1. The minimum atomic E-state index is -3.51. The molecule has 2 aromatic rings. The topological polar surface area (TPSA) is 88.2 Å². The van der Waals surface area contributed by atoms with Gasteiger partial charge in [0.2, 0.25) is 10.0 Å². The van der Waals surface area contributed by atoms with E-state index >= 15 is 0 Å². The average Bonchev–Trinajstić information content (AvgIpc) is 2.59. The standard InChI is InChI=1S/C16H19N3O3S/c1-2-9-19-23(21,22)15-5-3-14(4-6-15)16(20)18-12-13-7-10-17-11-8-13/h3-8,10-11,19H,2,9,12H2,1H3,(H,18,20). The molecule has 23 heavy (non-hydrogen) atoms. The lowest BCUT2D eigenvalue weighted by molar-refractivity contribution is 0.0951. The van der Waals surface area contributed by atoms with Crippen molar-refractivity contribution in [2.75, 3.05) is 6.54 Å². The first-order chi connectivity index (χ1) is 11.0. The van der Waals surface area contributed by atoms with Crippen molar-refractivity contribution in [2.45, 2.75) is 24.8 Å². The Hall–Kier alpha value is -2.25. The molecule has 0 atom stereocenters. The minimum Gasteiger partial charge on any atom is -0.348 e. The van der Waals surface area contributed by atoms with Crippen LogP contribution in [0.4, 0.5) is 0 Å². The smallest absolute Gasteiger partial charge is 0.251 e. The lowest BCUT2D eigenvalue weighted by atomic mass is 10.2. The van der Waals surface area contributed by atoms with Crippen LogP contribution in [-0.4, -0.2) is 25.9 Å². The number of aromatic nitrogens is 1. The van der Waals surface area contributed by atoms with Crippen LogP contribution in [0.3, 0.4) is 0 Å². The highest BCUT2D eigenvalue weighted by Gasteiger charge is 2.14. The first-order valence-corrected chi connectivity index (χ1v) is 8.78. The molecule has 1 amide bonds. The number of hydrogen-bond donors (Lipinski definition) is 2. The normalized spacial score (nSPS) is 11.2. The molecule has 0 fully saturated rings. The largest absolute Gasteiger partial charge is 0.348 e. The highest BCUT2D eigenvalue weighted by atomic mass is 32.2. The van der Waals surface area contributed by atoms with Gasteiger partial charge >= 0.3 is 0 Å². The first-order valence-electron chi connectivity index (χ1n) is 7.30. The Balaban J connectivity index is 2.00. The number of nitrogens with one attached hydrogen (secondary N) is 2. The molecule has 0 aliphatic carbocycles. The lowest BCUT2D eigenvalue weighted by Gasteiger charge is -2.08. The number of hydrogen-bond acceptors (Lipinski definition) is 4. The number of amides is 1. The molecule has 1 heterocycles. The highest BCUT2D eigenvalue weighted by molar-refractivity contribution is 7.89. The molecule has 1 aromatic carbocycles. The Labute approximate surface area is 136 Å². The summed E-state index contributed by atoms with van der Waals surface area (Å²) < 4.78 is 26.4. The molecule has 6 nitrogen and oxygen atoms in total. The monoisotopic (exact) mass is 333 g/mol. The molecule has 0 saturated carbocycles. The van der Waals surface area contributed by atoms with Crippen LogP contribution >= 0.6 is 0 Å². The molecule has 0 saturated heterocycles. The summed E-state index contributed by atoms with van der Waals surface area (Å²) in [5, 5.41) is 2.78. The van der Waals surface area contributed by atoms with Gasteiger partial charge in [-0.2, -0.15) is 0 Å². The van der Waals surface area contributed by atoms with Crippen LogP contribution < -0.4 is 10.0 Å². The van der Waals surface area contributed by atoms with Crippen LogP contribution in [0.2, 0.25) is 0 Å². The molecular formula is C16H19N3O3S. The van der Waals surface area contributed by atoms with Crippen LogP contribution in [0.5, 0.6) is 0 Å². The summed E-state index contributed by atoms with van der Waals surface area (Å²) in [4.78, 5) is 16.1. The Morgan fingerprint density at radius 2 is 1.74 bits per heavy atom. The van der Waals surface area contributed by atoms with Gasteiger partial charge in [-0.1, -0.05) is 6.92 Å². The maximum absolute atomic E-state index is 12.1. The fourth-order valence-corrected chi connectivity index (χ4v) is 3.02. The summed E-state index contributed by atoms with van der Waals surface area (Å²) in [7, 11) is -3.51. The van der Waals surface area contributed by atoms with E-state index < -0.39 is 10.0 Å². The summed E-state index contributed by atoms with van der Waals surface area (Å²) in [6.07, 6.45) is 4.03. The van der Waals surface area contributed by atoms with Gasteiger partial charge in [-0.15, -0.1) is 0 Å². The van der Waals surface area contributed by atoms with Crippen molar-refractivity contribution < 1.29 is 13.2 Å². The van der Waals surface area contributed by atoms with Crippen LogP contribution in [-0.2, 0) is 16.6 Å². The van der Waals surface area contributed by atoms with Crippen molar-refractivity contribution in [1.82, 2.24) is 15.0 Å². The second kappa shape index (κ2) is 7.85. The van der Waals surface area contributed by atoms with E-state index in [1.165, 1.54) is 24.3 Å². The number of carbonyl (C=O) groups excluding carboxylic acids is 1. The summed E-state index contributed by atoms with van der Waals surface area (Å²) in [6, 6.07) is 9.49. The van der Waals surface area contributed by atoms with E-state index in [4.69, 9.17) is 0 Å². The van der Waals surface area contributed by atoms with Crippen LogP contribution in [0.15, 0.2) is 53.7 Å². The van der Waals surface area contributed by atoms with E-state index in [9.17, 15) is 13.2 Å². The van der Waals surface area contributed by atoms with E-state index in [0.29, 0.717) is 25.1 Å². The third kappa shape index (κ3) is 4.87. The van der Waals surface area contributed by atoms with Gasteiger partial charge in [0.25, 0.3) is 5.91 Å². The number of carbonyl (C=O) groups is 1. The number of pyridine rings is 1. The molecule has 0 unspecified atom stereocenters. The Morgan fingerprint density at radius 3 is 2.35 bits per heavy atom. The van der Waals surface area contributed by atoms with Gasteiger partial charge < -0.3 is 5.32 Å². The van der Waals surface area contributed by atoms with Crippen LogP contribution in [0.25, 0.3) is 0 Å². The van der Waals surface area contributed by atoms with Crippen molar-refractivity contribution in [3.8, 4) is 0 Å². The molecular weight excluding hydrogens is 314 g/mol. The highest BCUT2D eigenvalue weighted by Crippen LogP contribution is 2.10. The van der Waals surface area contributed by atoms with E-state index in [1.54, 1.807) is 12.4 Å². The summed E-state index contributed by atoms with van der Waals surface area (Å²) in [5.41, 5.74) is 1.35. The zero-order valence-corrected chi connectivity index (χ0v) is 13.6. The summed E-state index contributed by atoms with van der Waals surface area (Å²) in [5.74, 6) is -0.257. The molecule has 2 N–H and O–H groups in total. The second-order valence-corrected chi connectivity index (χ2v) is 6.73.